The minimum atomic E-state index is -0.254. The van der Waals surface area contributed by atoms with Crippen LogP contribution in [0.25, 0.3) is 11.0 Å². The highest BCUT2D eigenvalue weighted by Crippen LogP contribution is 2.29. The zero-order valence-corrected chi connectivity index (χ0v) is 20.7. The fraction of sp³-hybridized carbons (Fsp3) is 0.444. The Bertz CT molecular complexity index is 1220. The van der Waals surface area contributed by atoms with Crippen LogP contribution in [0.2, 0.25) is 0 Å². The number of aromatic nitrogens is 2. The summed E-state index contributed by atoms with van der Waals surface area (Å²) in [6.45, 7) is 7.09. The Morgan fingerprint density at radius 2 is 1.67 bits per heavy atom. The Morgan fingerprint density at radius 3 is 2.42 bits per heavy atom. The number of hydrogen-bond acceptors (Lipinski definition) is 8. The molecule has 3 aromatic rings. The summed E-state index contributed by atoms with van der Waals surface area (Å²) >= 11 is 0. The molecule has 9 nitrogen and oxygen atoms in total. The number of rotatable bonds is 6. The lowest BCUT2D eigenvalue weighted by atomic mass is 10.2. The van der Waals surface area contributed by atoms with Crippen molar-refractivity contribution in [1.29, 1.82) is 0 Å². The van der Waals surface area contributed by atoms with Crippen molar-refractivity contribution in [1.82, 2.24) is 14.9 Å². The fourth-order valence-corrected chi connectivity index (χ4v) is 5.47. The molecule has 3 aliphatic rings. The van der Waals surface area contributed by atoms with Crippen LogP contribution in [0, 0.1) is 0 Å². The van der Waals surface area contributed by atoms with E-state index in [0.717, 1.165) is 68.2 Å². The molecule has 2 aromatic heterocycles. The maximum atomic E-state index is 12.6. The van der Waals surface area contributed by atoms with Crippen molar-refractivity contribution in [3.8, 4) is 5.88 Å². The number of carbonyl (C=O) groups excluding carboxylic acids is 1. The Kier molecular flexibility index (Phi) is 6.23. The van der Waals surface area contributed by atoms with Crippen LogP contribution in [0.3, 0.4) is 0 Å². The molecule has 0 saturated carbocycles. The van der Waals surface area contributed by atoms with Crippen LogP contribution in [0.1, 0.15) is 12.8 Å². The van der Waals surface area contributed by atoms with Crippen molar-refractivity contribution >= 4 is 34.2 Å². The number of cyclic esters (lactones) is 1. The Balaban J connectivity index is 1.06. The van der Waals surface area contributed by atoms with Crippen LogP contribution in [-0.4, -0.2) is 86.5 Å². The second-order valence-corrected chi connectivity index (χ2v) is 9.67. The molecule has 0 bridgehead atoms. The summed E-state index contributed by atoms with van der Waals surface area (Å²) in [7, 11) is 1.63. The number of pyridine rings is 2. The van der Waals surface area contributed by atoms with E-state index in [0.29, 0.717) is 12.4 Å². The third-order valence-corrected chi connectivity index (χ3v) is 7.43. The zero-order valence-electron chi connectivity index (χ0n) is 20.7. The maximum absolute atomic E-state index is 12.6. The summed E-state index contributed by atoms with van der Waals surface area (Å²) in [4.78, 5) is 30.6. The van der Waals surface area contributed by atoms with Gasteiger partial charge in [-0.15, -0.1) is 0 Å². The van der Waals surface area contributed by atoms with Gasteiger partial charge in [0.2, 0.25) is 5.88 Å². The highest BCUT2D eigenvalue weighted by molar-refractivity contribution is 5.90. The number of anilines is 3. The molecule has 1 atom stereocenters. The van der Waals surface area contributed by atoms with Crippen LogP contribution in [0.15, 0.2) is 48.7 Å². The molecule has 0 spiro atoms. The first-order chi connectivity index (χ1) is 17.7. The summed E-state index contributed by atoms with van der Waals surface area (Å²) in [6.07, 6.45) is 3.95. The van der Waals surface area contributed by atoms with E-state index in [9.17, 15) is 4.79 Å². The second-order valence-electron chi connectivity index (χ2n) is 9.67. The minimum Gasteiger partial charge on any atom is -0.481 e. The molecule has 0 unspecified atom stereocenters. The summed E-state index contributed by atoms with van der Waals surface area (Å²) < 4.78 is 11.1. The first-order valence-electron chi connectivity index (χ1n) is 12.8. The highest BCUT2D eigenvalue weighted by atomic mass is 16.6. The van der Waals surface area contributed by atoms with Crippen molar-refractivity contribution in [3.63, 3.8) is 0 Å². The number of ether oxygens (including phenoxy) is 2. The number of methoxy groups -OCH3 is 1. The summed E-state index contributed by atoms with van der Waals surface area (Å²) in [6, 6.07) is 14.1. The lowest BCUT2D eigenvalue weighted by Gasteiger charge is -2.36. The first kappa shape index (κ1) is 22.8. The molecule has 0 N–H and O–H groups in total. The number of benzene rings is 1. The molecule has 1 aromatic carbocycles. The monoisotopic (exact) mass is 488 g/mol. The van der Waals surface area contributed by atoms with Crippen molar-refractivity contribution in [2.75, 3.05) is 74.2 Å². The predicted octanol–water partition coefficient (Wildman–Crippen LogP) is 3.39. The van der Waals surface area contributed by atoms with Crippen LogP contribution in [-0.2, 0) is 4.74 Å². The van der Waals surface area contributed by atoms with E-state index in [1.54, 1.807) is 12.0 Å². The Labute approximate surface area is 211 Å². The van der Waals surface area contributed by atoms with Crippen LogP contribution in [0.4, 0.5) is 21.9 Å². The van der Waals surface area contributed by atoms with Crippen molar-refractivity contribution in [2.45, 2.75) is 18.9 Å². The molecule has 1 amide bonds. The van der Waals surface area contributed by atoms with Gasteiger partial charge in [0.05, 0.1) is 24.9 Å². The van der Waals surface area contributed by atoms with E-state index in [4.69, 9.17) is 9.47 Å². The van der Waals surface area contributed by atoms with Gasteiger partial charge in [0, 0.05) is 69.5 Å². The van der Waals surface area contributed by atoms with Crippen LogP contribution >= 0.6 is 0 Å². The van der Waals surface area contributed by atoms with E-state index in [-0.39, 0.29) is 12.2 Å². The lowest BCUT2D eigenvalue weighted by Crippen LogP contribution is -2.49. The zero-order chi connectivity index (χ0) is 24.5. The van der Waals surface area contributed by atoms with Gasteiger partial charge in [0.1, 0.15) is 11.6 Å². The van der Waals surface area contributed by atoms with Gasteiger partial charge in [0.25, 0.3) is 0 Å². The fourth-order valence-electron chi connectivity index (χ4n) is 5.47. The molecule has 36 heavy (non-hydrogen) atoms. The number of amides is 1. The molecule has 0 aliphatic carbocycles. The first-order valence-corrected chi connectivity index (χ1v) is 12.8. The molecular formula is C27H32N6O3. The van der Waals surface area contributed by atoms with Gasteiger partial charge < -0.3 is 19.3 Å². The summed E-state index contributed by atoms with van der Waals surface area (Å²) in [5, 5.41) is 0. The molecular weight excluding hydrogens is 456 g/mol. The Morgan fingerprint density at radius 1 is 0.917 bits per heavy atom. The van der Waals surface area contributed by atoms with Gasteiger partial charge in [-0.05, 0) is 49.2 Å². The molecule has 3 saturated heterocycles. The molecule has 188 valence electrons. The van der Waals surface area contributed by atoms with Gasteiger partial charge in [-0.25, -0.2) is 9.78 Å². The third kappa shape index (κ3) is 4.51. The molecule has 9 heteroatoms. The predicted molar refractivity (Wildman–Crippen MR) is 140 cm³/mol. The molecule has 6 rings (SSSR count). The van der Waals surface area contributed by atoms with Crippen molar-refractivity contribution in [3.05, 3.63) is 48.7 Å². The number of hydrogen-bond donors (Lipinski definition) is 0. The topological polar surface area (TPSA) is 74.3 Å². The van der Waals surface area contributed by atoms with Crippen LogP contribution in [0.5, 0.6) is 5.88 Å². The number of carbonyl (C=O) groups is 1. The number of piperazine rings is 1. The molecule has 3 aliphatic heterocycles. The van der Waals surface area contributed by atoms with Gasteiger partial charge in [0.15, 0.2) is 0 Å². The van der Waals surface area contributed by atoms with Gasteiger partial charge in [-0.2, -0.15) is 0 Å². The maximum Gasteiger partial charge on any atom is 0.414 e. The minimum absolute atomic E-state index is 0.130. The van der Waals surface area contributed by atoms with E-state index in [2.05, 4.69) is 36.8 Å². The summed E-state index contributed by atoms with van der Waals surface area (Å²) in [5.41, 5.74) is 4.94. The SMILES string of the molecule is COc1ccc2nccc(N3CCN(C[C@@H]4CN(c5ccc(N6CCCC6)cc5)C(=O)O4)CC3)c2n1. The standard InChI is InChI=1S/C27H32N6O3/c1-35-25-9-8-23-26(29-25)24(10-11-28-23)32-16-14-30(15-17-32)18-22-19-33(27(34)36-22)21-6-4-20(5-7-21)31-12-2-3-13-31/h4-11,22H,2-3,12-19H2,1H3/t22-/m1/s1. The largest absolute Gasteiger partial charge is 0.481 e. The van der Waals surface area contributed by atoms with Gasteiger partial charge >= 0.3 is 6.09 Å². The quantitative estimate of drug-likeness (QED) is 0.523. The van der Waals surface area contributed by atoms with Crippen molar-refractivity contribution < 1.29 is 14.3 Å². The van der Waals surface area contributed by atoms with E-state index in [1.165, 1.54) is 18.5 Å². The van der Waals surface area contributed by atoms with E-state index < -0.39 is 0 Å². The molecule has 0 radical (unpaired) electrons. The van der Waals surface area contributed by atoms with Crippen molar-refractivity contribution in [2.24, 2.45) is 0 Å². The van der Waals surface area contributed by atoms with E-state index in [1.807, 2.05) is 36.5 Å². The molecule has 5 heterocycles. The normalized spacial score (nSPS) is 20.9. The van der Waals surface area contributed by atoms with E-state index >= 15 is 0 Å². The lowest BCUT2D eigenvalue weighted by molar-refractivity contribution is 0.106. The summed E-state index contributed by atoms with van der Waals surface area (Å²) in [5.74, 6) is 0.591. The Hall–Kier alpha value is -3.59. The average Bonchev–Trinajstić information content (AvgIpc) is 3.59. The second kappa shape index (κ2) is 9.81. The number of fused-ring (bicyclic) bond motifs is 1. The van der Waals surface area contributed by atoms with Crippen LogP contribution < -0.4 is 19.4 Å². The molecule has 3 fully saturated rings. The number of nitrogens with zero attached hydrogens (tertiary/aromatic N) is 6. The van der Waals surface area contributed by atoms with Gasteiger partial charge in [-0.3, -0.25) is 14.8 Å². The average molecular weight is 489 g/mol. The smallest absolute Gasteiger partial charge is 0.414 e. The highest BCUT2D eigenvalue weighted by Gasteiger charge is 2.34. The van der Waals surface area contributed by atoms with Gasteiger partial charge in [-0.1, -0.05) is 0 Å². The third-order valence-electron chi connectivity index (χ3n) is 7.43.